The third-order valence-corrected chi connectivity index (χ3v) is 4.48. The van der Waals surface area contributed by atoms with Gasteiger partial charge in [-0.2, -0.15) is 0 Å². The highest BCUT2D eigenvalue weighted by Crippen LogP contribution is 2.32. The highest BCUT2D eigenvalue weighted by atomic mass is 16.5. The van der Waals surface area contributed by atoms with Crippen molar-refractivity contribution >= 4 is 12.3 Å². The van der Waals surface area contributed by atoms with Crippen LogP contribution in [0.3, 0.4) is 0 Å². The van der Waals surface area contributed by atoms with E-state index in [-0.39, 0.29) is 36.8 Å². The summed E-state index contributed by atoms with van der Waals surface area (Å²) in [5.41, 5.74) is -0.237. The number of ether oxygens (including phenoxy) is 3. The summed E-state index contributed by atoms with van der Waals surface area (Å²) >= 11 is 0. The number of rotatable bonds is 11. The molecule has 29 heavy (non-hydrogen) atoms. The molecule has 156 valence electrons. The maximum atomic E-state index is 12.3. The third-order valence-electron chi connectivity index (χ3n) is 4.48. The van der Waals surface area contributed by atoms with Crippen molar-refractivity contribution < 1.29 is 28.9 Å². The minimum Gasteiger partial charge on any atom is -0.481 e. The van der Waals surface area contributed by atoms with Gasteiger partial charge in [-0.25, -0.2) is 9.78 Å². The predicted molar refractivity (Wildman–Crippen MR) is 107 cm³/mol. The Bertz CT molecular complexity index is 824. The van der Waals surface area contributed by atoms with Gasteiger partial charge in [0.15, 0.2) is 12.0 Å². The Labute approximate surface area is 170 Å². The van der Waals surface area contributed by atoms with Gasteiger partial charge in [-0.1, -0.05) is 44.2 Å². The van der Waals surface area contributed by atoms with E-state index >= 15 is 0 Å². The van der Waals surface area contributed by atoms with Crippen molar-refractivity contribution in [1.29, 1.82) is 0 Å². The number of aromatic nitrogens is 1. The van der Waals surface area contributed by atoms with Crippen LogP contribution in [-0.2, 0) is 33.1 Å². The van der Waals surface area contributed by atoms with Crippen LogP contribution in [0.15, 0.2) is 36.4 Å². The largest absolute Gasteiger partial charge is 0.481 e. The number of carbonyl (C=O) groups excluding carboxylic acids is 2. The third kappa shape index (κ3) is 5.62. The molecule has 1 aromatic heterocycles. The summed E-state index contributed by atoms with van der Waals surface area (Å²) in [5, 5.41) is 10.8. The number of aldehydes is 1. The van der Waals surface area contributed by atoms with E-state index in [1.807, 2.05) is 37.3 Å². The number of esters is 1. The van der Waals surface area contributed by atoms with E-state index in [1.165, 1.54) is 13.2 Å². The SMILES string of the molecule is CCCOC(=O)c1cc([C@@](O)(C=O)CC)c(COCc2ccccc2)c(OC)n1. The van der Waals surface area contributed by atoms with Gasteiger partial charge >= 0.3 is 5.97 Å². The summed E-state index contributed by atoms with van der Waals surface area (Å²) < 4.78 is 16.2. The van der Waals surface area contributed by atoms with Crippen LogP contribution in [0, 0.1) is 0 Å². The first-order valence-electron chi connectivity index (χ1n) is 9.54. The summed E-state index contributed by atoms with van der Waals surface area (Å²) in [5.74, 6) is -0.541. The average Bonchev–Trinajstić information content (AvgIpc) is 2.77. The second kappa shape index (κ2) is 10.7. The number of pyridine rings is 1. The molecule has 2 aromatic rings. The topological polar surface area (TPSA) is 95.0 Å². The first kappa shape index (κ1) is 22.5. The quantitative estimate of drug-likeness (QED) is 0.456. The van der Waals surface area contributed by atoms with Gasteiger partial charge in [-0.15, -0.1) is 0 Å². The number of carbonyl (C=O) groups is 2. The lowest BCUT2D eigenvalue weighted by Crippen LogP contribution is -2.29. The van der Waals surface area contributed by atoms with Gasteiger partial charge in [0.05, 0.1) is 26.9 Å². The number of benzene rings is 1. The van der Waals surface area contributed by atoms with Gasteiger partial charge < -0.3 is 19.3 Å². The van der Waals surface area contributed by atoms with Gasteiger partial charge in [0.25, 0.3) is 0 Å². The Balaban J connectivity index is 2.40. The van der Waals surface area contributed by atoms with Crippen LogP contribution in [0.5, 0.6) is 5.88 Å². The van der Waals surface area contributed by atoms with Gasteiger partial charge in [0, 0.05) is 11.1 Å². The van der Waals surface area contributed by atoms with Crippen molar-refractivity contribution in [3.05, 3.63) is 58.8 Å². The zero-order valence-electron chi connectivity index (χ0n) is 17.0. The molecule has 1 heterocycles. The first-order chi connectivity index (χ1) is 14.0. The van der Waals surface area contributed by atoms with Crippen LogP contribution in [0.4, 0.5) is 0 Å². The number of hydrogen-bond acceptors (Lipinski definition) is 7. The second-order valence-corrected chi connectivity index (χ2v) is 6.55. The Kier molecular flexibility index (Phi) is 8.30. The molecule has 0 amide bonds. The monoisotopic (exact) mass is 401 g/mol. The molecule has 2 rings (SSSR count). The lowest BCUT2D eigenvalue weighted by atomic mass is 9.89. The number of aliphatic hydroxyl groups is 1. The number of nitrogens with zero attached hydrogens (tertiary/aromatic N) is 1. The molecular weight excluding hydrogens is 374 g/mol. The van der Waals surface area contributed by atoms with E-state index < -0.39 is 11.6 Å². The number of methoxy groups -OCH3 is 1. The van der Waals surface area contributed by atoms with Crippen LogP contribution in [-0.4, -0.2) is 36.1 Å². The summed E-state index contributed by atoms with van der Waals surface area (Å²) in [4.78, 5) is 28.2. The summed E-state index contributed by atoms with van der Waals surface area (Å²) in [6.45, 7) is 4.16. The van der Waals surface area contributed by atoms with E-state index in [0.717, 1.165) is 5.56 Å². The van der Waals surface area contributed by atoms with Crippen molar-refractivity contribution in [2.45, 2.75) is 45.5 Å². The Hall–Kier alpha value is -2.77. The predicted octanol–water partition coefficient (Wildman–Crippen LogP) is 3.17. The van der Waals surface area contributed by atoms with Crippen molar-refractivity contribution in [2.24, 2.45) is 0 Å². The molecule has 0 spiro atoms. The van der Waals surface area contributed by atoms with Crippen molar-refractivity contribution in [3.63, 3.8) is 0 Å². The molecule has 0 saturated heterocycles. The fourth-order valence-corrected chi connectivity index (χ4v) is 2.80. The van der Waals surface area contributed by atoms with Crippen LogP contribution in [0.2, 0.25) is 0 Å². The molecule has 0 fully saturated rings. The molecular formula is C22H27NO6. The van der Waals surface area contributed by atoms with Crippen molar-refractivity contribution in [3.8, 4) is 5.88 Å². The molecule has 0 saturated carbocycles. The number of hydrogen-bond donors (Lipinski definition) is 1. The normalized spacial score (nSPS) is 12.8. The van der Waals surface area contributed by atoms with E-state index in [2.05, 4.69) is 4.98 Å². The minimum atomic E-state index is -1.80. The van der Waals surface area contributed by atoms with E-state index in [4.69, 9.17) is 14.2 Å². The second-order valence-electron chi connectivity index (χ2n) is 6.55. The summed E-state index contributed by atoms with van der Waals surface area (Å²) in [6.07, 6.45) is 1.22. The molecule has 0 unspecified atom stereocenters. The molecule has 0 bridgehead atoms. The van der Waals surface area contributed by atoms with Crippen LogP contribution >= 0.6 is 0 Å². The van der Waals surface area contributed by atoms with Gasteiger partial charge in [0.1, 0.15) is 5.60 Å². The summed E-state index contributed by atoms with van der Waals surface area (Å²) in [6, 6.07) is 11.0. The molecule has 0 aliphatic carbocycles. The van der Waals surface area contributed by atoms with Gasteiger partial charge in [-0.05, 0) is 24.5 Å². The lowest BCUT2D eigenvalue weighted by molar-refractivity contribution is -0.125. The van der Waals surface area contributed by atoms with E-state index in [1.54, 1.807) is 6.92 Å². The highest BCUT2D eigenvalue weighted by Gasteiger charge is 2.33. The molecule has 1 N–H and O–H groups in total. The molecule has 7 heteroatoms. The van der Waals surface area contributed by atoms with E-state index in [0.29, 0.717) is 24.9 Å². The zero-order chi connectivity index (χ0) is 21.3. The molecule has 0 aliphatic rings. The standard InChI is InChI=1S/C22H27NO6/c1-4-11-29-21(25)19-12-18(22(26,5-2)15-24)17(20(23-19)27-3)14-28-13-16-9-7-6-8-10-16/h6-10,12,15,26H,4-5,11,13-14H2,1-3H3/t22-/m0/s1. The summed E-state index contributed by atoms with van der Waals surface area (Å²) in [7, 11) is 1.40. The lowest BCUT2D eigenvalue weighted by Gasteiger charge is -2.25. The molecule has 0 aliphatic heterocycles. The van der Waals surface area contributed by atoms with E-state index in [9.17, 15) is 14.7 Å². The van der Waals surface area contributed by atoms with Gasteiger partial charge in [-0.3, -0.25) is 4.79 Å². The van der Waals surface area contributed by atoms with Crippen LogP contribution < -0.4 is 4.74 Å². The fraction of sp³-hybridized carbons (Fsp3) is 0.409. The van der Waals surface area contributed by atoms with Crippen molar-refractivity contribution in [1.82, 2.24) is 4.98 Å². The first-order valence-corrected chi connectivity index (χ1v) is 9.54. The highest BCUT2D eigenvalue weighted by molar-refractivity contribution is 5.88. The smallest absolute Gasteiger partial charge is 0.357 e. The van der Waals surface area contributed by atoms with Crippen LogP contribution in [0.1, 0.15) is 53.9 Å². The Morgan fingerprint density at radius 3 is 2.52 bits per heavy atom. The Morgan fingerprint density at radius 1 is 1.21 bits per heavy atom. The van der Waals surface area contributed by atoms with Gasteiger partial charge in [0.2, 0.25) is 5.88 Å². The maximum Gasteiger partial charge on any atom is 0.357 e. The molecule has 1 aromatic carbocycles. The zero-order valence-corrected chi connectivity index (χ0v) is 17.0. The van der Waals surface area contributed by atoms with Crippen molar-refractivity contribution in [2.75, 3.05) is 13.7 Å². The Morgan fingerprint density at radius 2 is 1.93 bits per heavy atom. The molecule has 0 radical (unpaired) electrons. The maximum absolute atomic E-state index is 12.3. The molecule has 1 atom stereocenters. The average molecular weight is 401 g/mol. The molecule has 7 nitrogen and oxygen atoms in total. The minimum absolute atomic E-state index is 0.0363. The fourth-order valence-electron chi connectivity index (χ4n) is 2.80. The van der Waals surface area contributed by atoms with Crippen LogP contribution in [0.25, 0.3) is 0 Å².